The minimum absolute atomic E-state index is 0.293. The fraction of sp³-hybridized carbons (Fsp3) is 0. The van der Waals surface area contributed by atoms with E-state index in [0.29, 0.717) is 31.3 Å². The molecular weight excluding hydrogens is 396 g/mol. The maximum absolute atomic E-state index is 11.8. The third kappa shape index (κ3) is 5.39. The van der Waals surface area contributed by atoms with Gasteiger partial charge in [0.1, 0.15) is 0 Å². The number of carbonyl (C=O) groups is 2. The van der Waals surface area contributed by atoms with Gasteiger partial charge in [0.2, 0.25) is 0 Å². The van der Waals surface area contributed by atoms with E-state index in [2.05, 4.69) is 15.8 Å². The Kier molecular flexibility index (Phi) is 6.45. The molecule has 0 saturated heterocycles. The highest BCUT2D eigenvalue weighted by Gasteiger charge is 2.13. The van der Waals surface area contributed by atoms with Crippen LogP contribution in [0, 0.1) is 0 Å². The summed E-state index contributed by atoms with van der Waals surface area (Å²) in [5, 5.41) is 7.44. The van der Waals surface area contributed by atoms with Gasteiger partial charge >= 0.3 is 11.8 Å². The summed E-state index contributed by atoms with van der Waals surface area (Å²) < 4.78 is 0. The van der Waals surface area contributed by atoms with Crippen molar-refractivity contribution in [2.24, 2.45) is 5.10 Å². The molecule has 2 rings (SSSR count). The number of hydrogen-bond acceptors (Lipinski definition) is 3. The number of nitrogens with zero attached hydrogens (tertiary/aromatic N) is 1. The Labute approximate surface area is 157 Å². The summed E-state index contributed by atoms with van der Waals surface area (Å²) >= 11 is 23.3. The van der Waals surface area contributed by atoms with Gasteiger partial charge in [0.15, 0.2) is 0 Å². The highest BCUT2D eigenvalue weighted by atomic mass is 35.5. The first kappa shape index (κ1) is 18.5. The van der Waals surface area contributed by atoms with Crippen LogP contribution in [-0.2, 0) is 9.59 Å². The number of rotatable bonds is 3. The minimum Gasteiger partial charge on any atom is -0.318 e. The molecule has 0 saturated carbocycles. The molecule has 0 fully saturated rings. The van der Waals surface area contributed by atoms with E-state index in [4.69, 9.17) is 46.4 Å². The lowest BCUT2D eigenvalue weighted by atomic mass is 10.2. The molecule has 0 spiro atoms. The molecule has 0 aliphatic carbocycles. The van der Waals surface area contributed by atoms with Crippen molar-refractivity contribution in [3.63, 3.8) is 0 Å². The van der Waals surface area contributed by atoms with Crippen molar-refractivity contribution in [1.29, 1.82) is 0 Å². The van der Waals surface area contributed by atoms with Crippen LogP contribution in [-0.4, -0.2) is 18.0 Å². The lowest BCUT2D eigenvalue weighted by molar-refractivity contribution is -0.136. The number of hydrogen-bond donors (Lipinski definition) is 2. The lowest BCUT2D eigenvalue weighted by Gasteiger charge is -2.05. The topological polar surface area (TPSA) is 70.6 Å². The highest BCUT2D eigenvalue weighted by Crippen LogP contribution is 2.22. The predicted molar refractivity (Wildman–Crippen MR) is 97.3 cm³/mol. The second kappa shape index (κ2) is 8.35. The summed E-state index contributed by atoms with van der Waals surface area (Å²) in [5.41, 5.74) is 2.99. The Hall–Kier alpha value is -1.79. The van der Waals surface area contributed by atoms with Gasteiger partial charge in [-0.3, -0.25) is 9.59 Å². The molecule has 0 aromatic heterocycles. The van der Waals surface area contributed by atoms with E-state index in [9.17, 15) is 9.59 Å². The molecule has 0 atom stereocenters. The van der Waals surface area contributed by atoms with Crippen LogP contribution < -0.4 is 10.7 Å². The van der Waals surface area contributed by atoms with Gasteiger partial charge in [0.25, 0.3) is 0 Å². The first-order valence-corrected chi connectivity index (χ1v) is 7.92. The normalized spacial score (nSPS) is 10.7. The first-order valence-electron chi connectivity index (χ1n) is 6.40. The lowest BCUT2D eigenvalue weighted by Crippen LogP contribution is -2.32. The van der Waals surface area contributed by atoms with Crippen LogP contribution in [0.5, 0.6) is 0 Å². The van der Waals surface area contributed by atoms with Crippen LogP contribution in [0.3, 0.4) is 0 Å². The molecule has 2 aromatic carbocycles. The quantitative estimate of drug-likeness (QED) is 0.452. The standard InChI is InChI=1S/C15H9Cl4N3O2/c16-9-4-10(17)6-11(5-9)21-14(23)15(24)22-20-7-8-1-2-12(18)13(19)3-8/h1-7H,(H,21,23)(H,22,24)/b20-7-. The van der Waals surface area contributed by atoms with Gasteiger partial charge in [-0.2, -0.15) is 5.10 Å². The van der Waals surface area contributed by atoms with Crippen molar-refractivity contribution in [3.8, 4) is 0 Å². The van der Waals surface area contributed by atoms with E-state index < -0.39 is 11.8 Å². The van der Waals surface area contributed by atoms with Crippen molar-refractivity contribution in [3.05, 3.63) is 62.1 Å². The largest absolute Gasteiger partial charge is 0.329 e. The molecular formula is C15H9Cl4N3O2. The molecule has 0 radical (unpaired) electrons. The molecule has 5 nitrogen and oxygen atoms in total. The monoisotopic (exact) mass is 403 g/mol. The van der Waals surface area contributed by atoms with Gasteiger partial charge in [-0.15, -0.1) is 0 Å². The average molecular weight is 405 g/mol. The summed E-state index contributed by atoms with van der Waals surface area (Å²) in [6.07, 6.45) is 1.32. The molecule has 0 aliphatic rings. The molecule has 0 bridgehead atoms. The summed E-state index contributed by atoms with van der Waals surface area (Å²) in [6, 6.07) is 9.21. The Morgan fingerprint density at radius 2 is 1.54 bits per heavy atom. The Morgan fingerprint density at radius 3 is 2.17 bits per heavy atom. The first-order chi connectivity index (χ1) is 11.3. The van der Waals surface area contributed by atoms with E-state index in [0.717, 1.165) is 0 Å². The third-order valence-electron chi connectivity index (χ3n) is 2.65. The molecule has 2 amide bonds. The molecule has 2 N–H and O–H groups in total. The second-order valence-electron chi connectivity index (χ2n) is 4.48. The molecule has 24 heavy (non-hydrogen) atoms. The molecule has 9 heteroatoms. The number of halogens is 4. The molecule has 0 heterocycles. The van der Waals surface area contributed by atoms with Crippen molar-refractivity contribution < 1.29 is 9.59 Å². The number of benzene rings is 2. The van der Waals surface area contributed by atoms with Crippen LogP contribution in [0.4, 0.5) is 5.69 Å². The molecule has 2 aromatic rings. The van der Waals surface area contributed by atoms with Gasteiger partial charge < -0.3 is 5.32 Å². The maximum Gasteiger partial charge on any atom is 0.329 e. The Balaban J connectivity index is 1.95. The van der Waals surface area contributed by atoms with E-state index in [-0.39, 0.29) is 0 Å². The van der Waals surface area contributed by atoms with Gasteiger partial charge in [-0.1, -0.05) is 52.5 Å². The minimum atomic E-state index is -0.956. The van der Waals surface area contributed by atoms with Crippen LogP contribution in [0.1, 0.15) is 5.56 Å². The maximum atomic E-state index is 11.8. The fourth-order valence-electron chi connectivity index (χ4n) is 1.62. The molecule has 0 aliphatic heterocycles. The molecule has 124 valence electrons. The summed E-state index contributed by atoms with van der Waals surface area (Å²) in [5.74, 6) is -1.87. The zero-order chi connectivity index (χ0) is 17.7. The van der Waals surface area contributed by atoms with Gasteiger partial charge in [-0.25, -0.2) is 5.43 Å². The van der Waals surface area contributed by atoms with Crippen molar-refractivity contribution in [2.45, 2.75) is 0 Å². The Bertz CT molecular complexity index is 804. The Morgan fingerprint density at radius 1 is 0.875 bits per heavy atom. The number of carbonyl (C=O) groups excluding carboxylic acids is 2. The SMILES string of the molecule is O=C(N/N=C\c1ccc(Cl)c(Cl)c1)C(=O)Nc1cc(Cl)cc(Cl)c1. The van der Waals surface area contributed by atoms with Crippen molar-refractivity contribution in [2.75, 3.05) is 5.32 Å². The number of amides is 2. The fourth-order valence-corrected chi connectivity index (χ4v) is 2.46. The zero-order valence-corrected chi connectivity index (χ0v) is 14.8. The van der Waals surface area contributed by atoms with Crippen molar-refractivity contribution >= 4 is 70.1 Å². The van der Waals surface area contributed by atoms with E-state index in [1.54, 1.807) is 18.2 Å². The molecule has 0 unspecified atom stereocenters. The van der Waals surface area contributed by atoms with Crippen LogP contribution in [0.25, 0.3) is 0 Å². The van der Waals surface area contributed by atoms with Crippen LogP contribution >= 0.6 is 46.4 Å². The highest BCUT2D eigenvalue weighted by molar-refractivity contribution is 6.42. The van der Waals surface area contributed by atoms with E-state index in [1.165, 1.54) is 24.4 Å². The van der Waals surface area contributed by atoms with Gasteiger partial charge in [0.05, 0.1) is 16.3 Å². The average Bonchev–Trinajstić information content (AvgIpc) is 2.49. The van der Waals surface area contributed by atoms with Crippen LogP contribution in [0.2, 0.25) is 20.1 Å². The summed E-state index contributed by atoms with van der Waals surface area (Å²) in [6.45, 7) is 0. The van der Waals surface area contributed by atoms with E-state index in [1.807, 2.05) is 0 Å². The van der Waals surface area contributed by atoms with Crippen LogP contribution in [0.15, 0.2) is 41.5 Å². The summed E-state index contributed by atoms with van der Waals surface area (Å²) in [7, 11) is 0. The zero-order valence-electron chi connectivity index (χ0n) is 11.8. The number of anilines is 1. The van der Waals surface area contributed by atoms with Gasteiger partial charge in [0, 0.05) is 15.7 Å². The second-order valence-corrected chi connectivity index (χ2v) is 6.17. The van der Waals surface area contributed by atoms with Gasteiger partial charge in [-0.05, 0) is 35.9 Å². The predicted octanol–water partition coefficient (Wildman–Crippen LogP) is 4.39. The number of nitrogens with one attached hydrogen (secondary N) is 2. The number of hydrazone groups is 1. The summed E-state index contributed by atoms with van der Waals surface area (Å²) in [4.78, 5) is 23.4. The van der Waals surface area contributed by atoms with E-state index >= 15 is 0 Å². The third-order valence-corrected chi connectivity index (χ3v) is 3.83. The smallest absolute Gasteiger partial charge is 0.318 e. The van der Waals surface area contributed by atoms with Crippen molar-refractivity contribution in [1.82, 2.24) is 5.43 Å².